The number of aromatic nitrogens is 2. The zero-order chi connectivity index (χ0) is 17.0. The molecule has 1 aliphatic rings. The van der Waals surface area contributed by atoms with Gasteiger partial charge in [-0.05, 0) is 19.9 Å². The minimum Gasteiger partial charge on any atom is -0.367 e. The first-order valence-corrected chi connectivity index (χ1v) is 8.98. The van der Waals surface area contributed by atoms with E-state index < -0.39 is 21.4 Å². The number of rotatable bonds is 5. The summed E-state index contributed by atoms with van der Waals surface area (Å²) >= 11 is 0. The standard InChI is InChI=1S/C14H22N4O4S/c1-10(2)23(20,21)18-6-7-22-13(9-18)14-15-5-4-12(17-14)8-16-11(3)19/h4-5,10,13H,6-9H2,1-3H3,(H,16,19)/t13-/m0/s1. The van der Waals surface area contributed by atoms with Crippen LogP contribution in [0.2, 0.25) is 0 Å². The van der Waals surface area contributed by atoms with E-state index in [-0.39, 0.29) is 12.5 Å². The maximum Gasteiger partial charge on any atom is 0.217 e. The highest BCUT2D eigenvalue weighted by Gasteiger charge is 2.33. The lowest BCUT2D eigenvalue weighted by Crippen LogP contribution is -2.45. The SMILES string of the molecule is CC(=O)NCc1ccnc([C@@H]2CN(S(=O)(=O)C(C)C)CCO2)n1. The van der Waals surface area contributed by atoms with Crippen LogP contribution in [-0.2, 0) is 26.1 Å². The van der Waals surface area contributed by atoms with Crippen LogP contribution in [0.5, 0.6) is 0 Å². The molecule has 1 saturated heterocycles. The van der Waals surface area contributed by atoms with Crippen molar-refractivity contribution in [3.05, 3.63) is 23.8 Å². The minimum atomic E-state index is -3.33. The molecule has 0 aromatic carbocycles. The normalized spacial score (nSPS) is 19.7. The van der Waals surface area contributed by atoms with Crippen LogP contribution in [0.15, 0.2) is 12.3 Å². The molecule has 9 heteroatoms. The van der Waals surface area contributed by atoms with Crippen molar-refractivity contribution in [3.63, 3.8) is 0 Å². The molecule has 1 aliphatic heterocycles. The number of carbonyl (C=O) groups is 1. The topological polar surface area (TPSA) is 101 Å². The Hall–Kier alpha value is -1.58. The Morgan fingerprint density at radius 1 is 1.52 bits per heavy atom. The lowest BCUT2D eigenvalue weighted by atomic mass is 10.2. The number of carbonyl (C=O) groups excluding carboxylic acids is 1. The van der Waals surface area contributed by atoms with E-state index in [0.717, 1.165) is 0 Å². The van der Waals surface area contributed by atoms with Gasteiger partial charge in [0.25, 0.3) is 0 Å². The molecule has 0 aliphatic carbocycles. The summed E-state index contributed by atoms with van der Waals surface area (Å²) in [6, 6.07) is 1.70. The van der Waals surface area contributed by atoms with E-state index in [1.54, 1.807) is 26.1 Å². The predicted octanol–water partition coefficient (Wildman–Crippen LogP) is 0.224. The Morgan fingerprint density at radius 2 is 2.26 bits per heavy atom. The minimum absolute atomic E-state index is 0.145. The molecule has 1 N–H and O–H groups in total. The molecule has 128 valence electrons. The van der Waals surface area contributed by atoms with Crippen molar-refractivity contribution < 1.29 is 17.9 Å². The van der Waals surface area contributed by atoms with Gasteiger partial charge in [-0.3, -0.25) is 4.79 Å². The lowest BCUT2D eigenvalue weighted by Gasteiger charge is -2.32. The molecule has 1 atom stereocenters. The van der Waals surface area contributed by atoms with Gasteiger partial charge >= 0.3 is 0 Å². The molecule has 8 nitrogen and oxygen atoms in total. The highest BCUT2D eigenvalue weighted by atomic mass is 32.2. The van der Waals surface area contributed by atoms with E-state index in [1.165, 1.54) is 11.2 Å². The molecule has 1 fully saturated rings. The summed E-state index contributed by atoms with van der Waals surface area (Å²) in [7, 11) is -3.33. The van der Waals surface area contributed by atoms with E-state index >= 15 is 0 Å². The fourth-order valence-corrected chi connectivity index (χ4v) is 3.46. The van der Waals surface area contributed by atoms with Crippen LogP contribution in [0.25, 0.3) is 0 Å². The molecule has 0 saturated carbocycles. The molecular weight excluding hydrogens is 320 g/mol. The Labute approximate surface area is 136 Å². The first-order chi connectivity index (χ1) is 10.8. The van der Waals surface area contributed by atoms with Crippen LogP contribution in [0.1, 0.15) is 38.4 Å². The summed E-state index contributed by atoms with van der Waals surface area (Å²) in [6.45, 7) is 5.88. The van der Waals surface area contributed by atoms with Gasteiger partial charge in [-0.15, -0.1) is 0 Å². The van der Waals surface area contributed by atoms with Crippen LogP contribution in [0.4, 0.5) is 0 Å². The van der Waals surface area contributed by atoms with Crippen molar-refractivity contribution in [2.24, 2.45) is 0 Å². The van der Waals surface area contributed by atoms with E-state index in [1.807, 2.05) is 0 Å². The zero-order valence-electron chi connectivity index (χ0n) is 13.5. The van der Waals surface area contributed by atoms with Crippen molar-refractivity contribution in [3.8, 4) is 0 Å². The number of morpholine rings is 1. The second kappa shape index (κ2) is 7.33. The quantitative estimate of drug-likeness (QED) is 0.821. The summed E-state index contributed by atoms with van der Waals surface area (Å²) in [5, 5.41) is 2.19. The number of ether oxygens (including phenoxy) is 1. The summed E-state index contributed by atoms with van der Waals surface area (Å²) in [5.41, 5.74) is 0.651. The smallest absolute Gasteiger partial charge is 0.217 e. The van der Waals surface area contributed by atoms with Gasteiger partial charge in [0.1, 0.15) is 6.10 Å². The molecule has 23 heavy (non-hydrogen) atoms. The first kappa shape index (κ1) is 17.8. The van der Waals surface area contributed by atoms with Crippen molar-refractivity contribution in [1.82, 2.24) is 19.6 Å². The molecule has 0 unspecified atom stereocenters. The number of hydrogen-bond donors (Lipinski definition) is 1. The third-order valence-electron chi connectivity index (χ3n) is 3.52. The number of hydrogen-bond acceptors (Lipinski definition) is 6. The van der Waals surface area contributed by atoms with Crippen molar-refractivity contribution in [2.45, 2.75) is 38.7 Å². The molecule has 2 heterocycles. The van der Waals surface area contributed by atoms with Gasteiger partial charge in [-0.2, -0.15) is 4.31 Å². The summed E-state index contributed by atoms with van der Waals surface area (Å²) in [6.07, 6.45) is 1.08. The predicted molar refractivity (Wildman–Crippen MR) is 83.9 cm³/mol. The lowest BCUT2D eigenvalue weighted by molar-refractivity contribution is -0.119. The highest BCUT2D eigenvalue weighted by Crippen LogP contribution is 2.22. The third kappa shape index (κ3) is 4.46. The first-order valence-electron chi connectivity index (χ1n) is 7.47. The Morgan fingerprint density at radius 3 is 2.91 bits per heavy atom. The second-order valence-corrected chi connectivity index (χ2v) is 8.12. The van der Waals surface area contributed by atoms with Crippen molar-refractivity contribution in [1.29, 1.82) is 0 Å². The van der Waals surface area contributed by atoms with Crippen LogP contribution in [0, 0.1) is 0 Å². The molecule has 0 bridgehead atoms. The summed E-state index contributed by atoms with van der Waals surface area (Å²) < 4.78 is 31.6. The van der Waals surface area contributed by atoms with Crippen molar-refractivity contribution in [2.75, 3.05) is 19.7 Å². The molecule has 1 amide bonds. The highest BCUT2D eigenvalue weighted by molar-refractivity contribution is 7.89. The van der Waals surface area contributed by atoms with Crippen LogP contribution < -0.4 is 5.32 Å². The fraction of sp³-hybridized carbons (Fsp3) is 0.643. The Balaban J connectivity index is 2.12. The van der Waals surface area contributed by atoms with Gasteiger partial charge in [0.05, 0.1) is 24.1 Å². The van der Waals surface area contributed by atoms with E-state index in [2.05, 4.69) is 15.3 Å². The maximum atomic E-state index is 12.3. The van der Waals surface area contributed by atoms with Crippen LogP contribution >= 0.6 is 0 Å². The molecule has 0 radical (unpaired) electrons. The van der Waals surface area contributed by atoms with Gasteiger partial charge in [0.2, 0.25) is 15.9 Å². The third-order valence-corrected chi connectivity index (χ3v) is 5.77. The zero-order valence-corrected chi connectivity index (χ0v) is 14.3. The van der Waals surface area contributed by atoms with Gasteiger partial charge in [0, 0.05) is 26.2 Å². The number of nitrogens with one attached hydrogen (secondary N) is 1. The van der Waals surface area contributed by atoms with Crippen LogP contribution in [-0.4, -0.2) is 53.5 Å². The molecule has 1 aromatic heterocycles. The van der Waals surface area contributed by atoms with E-state index in [0.29, 0.717) is 31.2 Å². The molecule has 2 rings (SSSR count). The number of sulfonamides is 1. The molecular formula is C14H22N4O4S. The average molecular weight is 342 g/mol. The summed E-state index contributed by atoms with van der Waals surface area (Å²) in [4.78, 5) is 19.5. The summed E-state index contributed by atoms with van der Waals surface area (Å²) in [5.74, 6) is 0.282. The monoisotopic (exact) mass is 342 g/mol. The number of nitrogens with zero attached hydrogens (tertiary/aromatic N) is 3. The molecule has 0 spiro atoms. The fourth-order valence-electron chi connectivity index (χ4n) is 2.19. The van der Waals surface area contributed by atoms with Crippen molar-refractivity contribution >= 4 is 15.9 Å². The average Bonchev–Trinajstić information content (AvgIpc) is 2.53. The second-order valence-electron chi connectivity index (χ2n) is 5.63. The maximum absolute atomic E-state index is 12.3. The van der Waals surface area contributed by atoms with Crippen LogP contribution in [0.3, 0.4) is 0 Å². The van der Waals surface area contributed by atoms with Gasteiger partial charge in [-0.25, -0.2) is 18.4 Å². The Bertz CT molecular complexity index is 662. The largest absolute Gasteiger partial charge is 0.367 e. The van der Waals surface area contributed by atoms with Gasteiger partial charge in [0.15, 0.2) is 5.82 Å². The van der Waals surface area contributed by atoms with Gasteiger partial charge < -0.3 is 10.1 Å². The molecule has 1 aromatic rings. The number of amides is 1. The Kier molecular flexibility index (Phi) is 5.66. The van der Waals surface area contributed by atoms with Gasteiger partial charge in [-0.1, -0.05) is 0 Å². The van der Waals surface area contributed by atoms with E-state index in [9.17, 15) is 13.2 Å². The van der Waals surface area contributed by atoms with E-state index in [4.69, 9.17) is 4.74 Å².